The Kier molecular flexibility index (Phi) is 6.10. The van der Waals surface area contributed by atoms with Gasteiger partial charge in [-0.05, 0) is 67.7 Å². The number of hydrogen-bond donors (Lipinski definition) is 1. The molecule has 1 saturated carbocycles. The molecule has 0 bridgehead atoms. The molecule has 118 valence electrons. The predicted octanol–water partition coefficient (Wildman–Crippen LogP) is 4.81. The molecule has 1 aromatic carbocycles. The van der Waals surface area contributed by atoms with E-state index >= 15 is 0 Å². The van der Waals surface area contributed by atoms with Gasteiger partial charge in [0.05, 0.1) is 7.11 Å². The predicted molar refractivity (Wildman–Crippen MR) is 89.7 cm³/mol. The number of hydrogen-bond acceptors (Lipinski definition) is 2. The maximum absolute atomic E-state index is 5.29. The van der Waals surface area contributed by atoms with E-state index < -0.39 is 0 Å². The lowest BCUT2D eigenvalue weighted by atomic mass is 9.72. The number of methoxy groups -OCH3 is 1. The fourth-order valence-electron chi connectivity index (χ4n) is 3.95. The molecule has 3 unspecified atom stereocenters. The van der Waals surface area contributed by atoms with Crippen LogP contribution in [0, 0.1) is 17.8 Å². The van der Waals surface area contributed by atoms with Crippen LogP contribution < -0.4 is 10.1 Å². The Morgan fingerprint density at radius 3 is 2.24 bits per heavy atom. The SMILES string of the molecule is CCCNC(c1ccc(OC)cc1)C1CC(C)CC(C)C1. The second-order valence-corrected chi connectivity index (χ2v) is 6.88. The monoisotopic (exact) mass is 289 g/mol. The number of nitrogens with one attached hydrogen (secondary N) is 1. The topological polar surface area (TPSA) is 21.3 Å². The molecule has 0 radical (unpaired) electrons. The lowest BCUT2D eigenvalue weighted by Crippen LogP contribution is -2.33. The lowest BCUT2D eigenvalue weighted by Gasteiger charge is -2.37. The van der Waals surface area contributed by atoms with Crippen molar-refractivity contribution in [2.45, 2.75) is 52.5 Å². The molecule has 0 amide bonds. The average molecular weight is 289 g/mol. The summed E-state index contributed by atoms with van der Waals surface area (Å²) in [5, 5.41) is 3.79. The molecule has 21 heavy (non-hydrogen) atoms. The summed E-state index contributed by atoms with van der Waals surface area (Å²) in [5.74, 6) is 3.40. The van der Waals surface area contributed by atoms with Crippen molar-refractivity contribution in [3.05, 3.63) is 29.8 Å². The molecule has 1 aliphatic rings. The van der Waals surface area contributed by atoms with Gasteiger partial charge in [-0.2, -0.15) is 0 Å². The van der Waals surface area contributed by atoms with Crippen molar-refractivity contribution < 1.29 is 4.74 Å². The molecule has 1 N–H and O–H groups in total. The molecule has 1 aliphatic carbocycles. The third-order valence-electron chi connectivity index (χ3n) is 4.78. The highest BCUT2D eigenvalue weighted by Crippen LogP contribution is 2.40. The van der Waals surface area contributed by atoms with Crippen molar-refractivity contribution in [2.75, 3.05) is 13.7 Å². The minimum atomic E-state index is 0.487. The van der Waals surface area contributed by atoms with E-state index in [-0.39, 0.29) is 0 Å². The highest BCUT2D eigenvalue weighted by atomic mass is 16.5. The summed E-state index contributed by atoms with van der Waals surface area (Å²) < 4.78 is 5.29. The molecule has 1 fully saturated rings. The quantitative estimate of drug-likeness (QED) is 0.811. The van der Waals surface area contributed by atoms with Gasteiger partial charge < -0.3 is 10.1 Å². The lowest BCUT2D eigenvalue weighted by molar-refractivity contribution is 0.176. The van der Waals surface area contributed by atoms with Gasteiger partial charge in [-0.3, -0.25) is 0 Å². The number of ether oxygens (including phenoxy) is 1. The van der Waals surface area contributed by atoms with E-state index in [4.69, 9.17) is 4.74 Å². The van der Waals surface area contributed by atoms with Gasteiger partial charge in [0.1, 0.15) is 5.75 Å². The van der Waals surface area contributed by atoms with Gasteiger partial charge in [-0.1, -0.05) is 32.9 Å². The van der Waals surface area contributed by atoms with E-state index in [0.717, 1.165) is 30.0 Å². The number of rotatable bonds is 6. The molecule has 0 spiro atoms. The van der Waals surface area contributed by atoms with Gasteiger partial charge in [0.15, 0.2) is 0 Å². The van der Waals surface area contributed by atoms with Crippen molar-refractivity contribution in [1.82, 2.24) is 5.32 Å². The van der Waals surface area contributed by atoms with Crippen LogP contribution >= 0.6 is 0 Å². The maximum Gasteiger partial charge on any atom is 0.118 e. The molecular weight excluding hydrogens is 258 g/mol. The summed E-state index contributed by atoms with van der Waals surface area (Å²) in [6.07, 6.45) is 5.26. The normalized spacial score (nSPS) is 27.3. The Labute approximate surface area is 130 Å². The largest absolute Gasteiger partial charge is 0.497 e. The van der Waals surface area contributed by atoms with Crippen LogP contribution in [0.15, 0.2) is 24.3 Å². The Hall–Kier alpha value is -1.02. The van der Waals surface area contributed by atoms with E-state index in [1.54, 1.807) is 7.11 Å². The fourth-order valence-corrected chi connectivity index (χ4v) is 3.95. The molecular formula is C19H31NO. The summed E-state index contributed by atoms with van der Waals surface area (Å²) in [7, 11) is 1.73. The van der Waals surface area contributed by atoms with Gasteiger partial charge in [0, 0.05) is 6.04 Å². The number of benzene rings is 1. The molecule has 2 heteroatoms. The van der Waals surface area contributed by atoms with Crippen molar-refractivity contribution in [3.63, 3.8) is 0 Å². The van der Waals surface area contributed by atoms with E-state index in [9.17, 15) is 0 Å². The van der Waals surface area contributed by atoms with Gasteiger partial charge in [0.2, 0.25) is 0 Å². The van der Waals surface area contributed by atoms with Crippen LogP contribution in [0.2, 0.25) is 0 Å². The molecule has 0 aromatic heterocycles. The molecule has 0 heterocycles. The van der Waals surface area contributed by atoms with Crippen LogP contribution in [0.4, 0.5) is 0 Å². The van der Waals surface area contributed by atoms with Crippen LogP contribution in [-0.4, -0.2) is 13.7 Å². The summed E-state index contributed by atoms with van der Waals surface area (Å²) in [6, 6.07) is 9.13. The van der Waals surface area contributed by atoms with Crippen molar-refractivity contribution in [1.29, 1.82) is 0 Å². The van der Waals surface area contributed by atoms with Crippen molar-refractivity contribution >= 4 is 0 Å². The van der Waals surface area contributed by atoms with E-state index in [1.807, 2.05) is 0 Å². The summed E-state index contributed by atoms with van der Waals surface area (Å²) in [4.78, 5) is 0. The minimum absolute atomic E-state index is 0.487. The second-order valence-electron chi connectivity index (χ2n) is 6.88. The van der Waals surface area contributed by atoms with Crippen molar-refractivity contribution in [2.24, 2.45) is 17.8 Å². The Balaban J connectivity index is 2.15. The van der Waals surface area contributed by atoms with Crippen LogP contribution in [0.25, 0.3) is 0 Å². The van der Waals surface area contributed by atoms with Crippen LogP contribution in [0.1, 0.15) is 58.1 Å². The Morgan fingerprint density at radius 1 is 1.10 bits per heavy atom. The summed E-state index contributed by atoms with van der Waals surface area (Å²) >= 11 is 0. The first-order valence-corrected chi connectivity index (χ1v) is 8.51. The van der Waals surface area contributed by atoms with E-state index in [1.165, 1.54) is 31.2 Å². The highest BCUT2D eigenvalue weighted by molar-refractivity contribution is 5.29. The van der Waals surface area contributed by atoms with E-state index in [0.29, 0.717) is 6.04 Å². The first-order valence-electron chi connectivity index (χ1n) is 8.51. The average Bonchev–Trinajstić information content (AvgIpc) is 2.47. The van der Waals surface area contributed by atoms with Crippen molar-refractivity contribution in [3.8, 4) is 5.75 Å². The van der Waals surface area contributed by atoms with Crippen LogP contribution in [0.3, 0.4) is 0 Å². The van der Waals surface area contributed by atoms with Crippen LogP contribution in [0.5, 0.6) is 5.75 Å². The molecule has 2 nitrogen and oxygen atoms in total. The van der Waals surface area contributed by atoms with Gasteiger partial charge in [-0.15, -0.1) is 0 Å². The summed E-state index contributed by atoms with van der Waals surface area (Å²) in [5.41, 5.74) is 1.41. The third kappa shape index (κ3) is 4.47. The van der Waals surface area contributed by atoms with Crippen LogP contribution in [-0.2, 0) is 0 Å². The minimum Gasteiger partial charge on any atom is -0.497 e. The first kappa shape index (κ1) is 16.4. The van der Waals surface area contributed by atoms with Gasteiger partial charge in [-0.25, -0.2) is 0 Å². The standard InChI is InChI=1S/C19H31NO/c1-5-10-20-19(16-6-8-18(21-4)9-7-16)17-12-14(2)11-15(3)13-17/h6-9,14-15,17,19-20H,5,10-13H2,1-4H3. The third-order valence-corrected chi connectivity index (χ3v) is 4.78. The fraction of sp³-hybridized carbons (Fsp3) is 0.684. The molecule has 0 saturated heterocycles. The molecule has 2 rings (SSSR count). The van der Waals surface area contributed by atoms with E-state index in [2.05, 4.69) is 50.4 Å². The molecule has 1 aromatic rings. The zero-order chi connectivity index (χ0) is 15.2. The molecule has 3 atom stereocenters. The second kappa shape index (κ2) is 7.84. The molecule has 0 aliphatic heterocycles. The summed E-state index contributed by atoms with van der Waals surface area (Å²) in [6.45, 7) is 8.15. The zero-order valence-corrected chi connectivity index (χ0v) is 14.1. The highest BCUT2D eigenvalue weighted by Gasteiger charge is 2.30. The Morgan fingerprint density at radius 2 is 1.71 bits per heavy atom. The van der Waals surface area contributed by atoms with Gasteiger partial charge >= 0.3 is 0 Å². The Bertz CT molecular complexity index is 404. The maximum atomic E-state index is 5.29. The smallest absolute Gasteiger partial charge is 0.118 e. The first-order chi connectivity index (χ1) is 10.1. The van der Waals surface area contributed by atoms with Gasteiger partial charge in [0.25, 0.3) is 0 Å². The zero-order valence-electron chi connectivity index (χ0n) is 14.1.